The van der Waals surface area contributed by atoms with Crippen molar-refractivity contribution in [1.29, 1.82) is 0 Å². The third kappa shape index (κ3) is 2.80. The highest BCUT2D eigenvalue weighted by molar-refractivity contribution is 5.99. The van der Waals surface area contributed by atoms with Gasteiger partial charge < -0.3 is 10.2 Å². The van der Waals surface area contributed by atoms with Crippen LogP contribution in [0.1, 0.15) is 45.0 Å². The molecule has 1 aliphatic heterocycles. The Bertz CT molecular complexity index is 562. The molecule has 116 valence electrons. The van der Waals surface area contributed by atoms with Crippen molar-refractivity contribution in [2.24, 2.45) is 7.05 Å². The molecule has 1 atom stereocenters. The van der Waals surface area contributed by atoms with Gasteiger partial charge in [0.15, 0.2) is 0 Å². The molecule has 6 nitrogen and oxygen atoms in total. The molecule has 1 saturated heterocycles. The van der Waals surface area contributed by atoms with Crippen LogP contribution in [0, 0.1) is 6.92 Å². The van der Waals surface area contributed by atoms with E-state index in [0.717, 1.165) is 17.8 Å². The molecular formula is C15H24N4O2. The number of hydrogen-bond acceptors (Lipinski definition) is 3. The van der Waals surface area contributed by atoms with Crippen molar-refractivity contribution in [3.05, 3.63) is 17.5 Å². The Morgan fingerprint density at radius 1 is 1.38 bits per heavy atom. The molecule has 2 amide bonds. The van der Waals surface area contributed by atoms with E-state index in [-0.39, 0.29) is 11.8 Å². The lowest BCUT2D eigenvalue weighted by Crippen LogP contribution is -2.67. The van der Waals surface area contributed by atoms with E-state index in [2.05, 4.69) is 10.4 Å². The van der Waals surface area contributed by atoms with E-state index in [9.17, 15) is 9.59 Å². The van der Waals surface area contributed by atoms with E-state index < -0.39 is 11.6 Å². The first-order chi connectivity index (χ1) is 9.77. The summed E-state index contributed by atoms with van der Waals surface area (Å²) in [6.07, 6.45) is 1.53. The molecule has 1 fully saturated rings. The lowest BCUT2D eigenvalue weighted by atomic mass is 9.94. The van der Waals surface area contributed by atoms with E-state index in [4.69, 9.17) is 0 Å². The predicted molar refractivity (Wildman–Crippen MR) is 79.4 cm³/mol. The number of aromatic nitrogens is 2. The normalized spacial score (nSPS) is 21.6. The molecule has 2 heterocycles. The summed E-state index contributed by atoms with van der Waals surface area (Å²) in [4.78, 5) is 26.7. The molecule has 0 aromatic carbocycles. The van der Waals surface area contributed by atoms with Crippen LogP contribution in [0.4, 0.5) is 0 Å². The monoisotopic (exact) mass is 292 g/mol. The largest absolute Gasteiger partial charge is 0.342 e. The number of nitrogens with one attached hydrogen (secondary N) is 1. The summed E-state index contributed by atoms with van der Waals surface area (Å²) >= 11 is 0. The SMILES string of the molecule is CCCC1NC(=O)C(C)(C)N(Cc2cc(C)nn2C)C1=O. The van der Waals surface area contributed by atoms with Gasteiger partial charge in [0, 0.05) is 7.05 Å². The van der Waals surface area contributed by atoms with Crippen LogP contribution < -0.4 is 5.32 Å². The van der Waals surface area contributed by atoms with Gasteiger partial charge in [-0.05, 0) is 33.3 Å². The van der Waals surface area contributed by atoms with Crippen LogP contribution in [-0.4, -0.2) is 38.1 Å². The van der Waals surface area contributed by atoms with Crippen molar-refractivity contribution >= 4 is 11.8 Å². The smallest absolute Gasteiger partial charge is 0.246 e. The standard InChI is InChI=1S/C15H24N4O2/c1-6-7-12-13(20)19(15(3,4)14(21)16-12)9-11-8-10(2)17-18(11)5/h8,12H,6-7,9H2,1-5H3,(H,16,21). The Morgan fingerprint density at radius 3 is 2.57 bits per heavy atom. The highest BCUT2D eigenvalue weighted by Gasteiger charge is 2.46. The van der Waals surface area contributed by atoms with Gasteiger partial charge in [-0.2, -0.15) is 5.10 Å². The van der Waals surface area contributed by atoms with Crippen LogP contribution in [0.25, 0.3) is 0 Å². The summed E-state index contributed by atoms with van der Waals surface area (Å²) in [5, 5.41) is 7.14. The van der Waals surface area contributed by atoms with Gasteiger partial charge in [-0.3, -0.25) is 14.3 Å². The summed E-state index contributed by atoms with van der Waals surface area (Å²) in [7, 11) is 1.85. The molecule has 1 aromatic heterocycles. The quantitative estimate of drug-likeness (QED) is 0.904. The number of carbonyl (C=O) groups excluding carboxylic acids is 2. The minimum atomic E-state index is -0.848. The van der Waals surface area contributed by atoms with Crippen molar-refractivity contribution in [2.75, 3.05) is 0 Å². The average molecular weight is 292 g/mol. The van der Waals surface area contributed by atoms with Crippen molar-refractivity contribution in [2.45, 2.75) is 58.7 Å². The molecule has 1 unspecified atom stereocenters. The maximum atomic E-state index is 12.7. The summed E-state index contributed by atoms with van der Waals surface area (Å²) in [5.74, 6) is -0.111. The zero-order valence-electron chi connectivity index (χ0n) is 13.4. The molecule has 1 aliphatic rings. The summed E-state index contributed by atoms with van der Waals surface area (Å²) < 4.78 is 1.76. The summed E-state index contributed by atoms with van der Waals surface area (Å²) in [5.41, 5.74) is 0.989. The van der Waals surface area contributed by atoms with Crippen LogP contribution in [0.2, 0.25) is 0 Å². The van der Waals surface area contributed by atoms with Crippen molar-refractivity contribution in [1.82, 2.24) is 20.0 Å². The van der Waals surface area contributed by atoms with Crippen LogP contribution in [0.3, 0.4) is 0 Å². The minimum Gasteiger partial charge on any atom is -0.342 e. The molecule has 0 aliphatic carbocycles. The third-order valence-electron chi connectivity index (χ3n) is 4.10. The fourth-order valence-electron chi connectivity index (χ4n) is 2.72. The number of piperazine rings is 1. The van der Waals surface area contributed by atoms with Gasteiger partial charge in [0.2, 0.25) is 11.8 Å². The van der Waals surface area contributed by atoms with E-state index in [0.29, 0.717) is 13.0 Å². The predicted octanol–water partition coefficient (Wildman–Crippen LogP) is 1.13. The molecule has 0 bridgehead atoms. The topological polar surface area (TPSA) is 67.2 Å². The zero-order valence-corrected chi connectivity index (χ0v) is 13.4. The maximum Gasteiger partial charge on any atom is 0.246 e. The molecular weight excluding hydrogens is 268 g/mol. The van der Waals surface area contributed by atoms with Crippen molar-refractivity contribution in [3.8, 4) is 0 Å². The highest BCUT2D eigenvalue weighted by atomic mass is 16.2. The molecule has 2 rings (SSSR count). The molecule has 0 spiro atoms. The Hall–Kier alpha value is -1.85. The van der Waals surface area contributed by atoms with E-state index >= 15 is 0 Å². The summed E-state index contributed by atoms with van der Waals surface area (Å²) in [6, 6.07) is 1.54. The van der Waals surface area contributed by atoms with Crippen LogP contribution in [0.15, 0.2) is 6.07 Å². The second-order valence-corrected chi connectivity index (χ2v) is 6.20. The third-order valence-corrected chi connectivity index (χ3v) is 4.10. The number of amides is 2. The number of hydrogen-bond donors (Lipinski definition) is 1. The minimum absolute atomic E-state index is 0.0136. The maximum absolute atomic E-state index is 12.7. The van der Waals surface area contributed by atoms with Crippen LogP contribution in [-0.2, 0) is 23.2 Å². The Balaban J connectivity index is 2.30. The first-order valence-corrected chi connectivity index (χ1v) is 7.39. The van der Waals surface area contributed by atoms with Crippen molar-refractivity contribution < 1.29 is 9.59 Å². The highest BCUT2D eigenvalue weighted by Crippen LogP contribution is 2.25. The first kappa shape index (κ1) is 15.5. The fourth-order valence-corrected chi connectivity index (χ4v) is 2.72. The Kier molecular flexibility index (Phi) is 4.07. The molecule has 1 N–H and O–H groups in total. The second-order valence-electron chi connectivity index (χ2n) is 6.20. The van der Waals surface area contributed by atoms with E-state index in [1.807, 2.05) is 27.0 Å². The van der Waals surface area contributed by atoms with E-state index in [1.165, 1.54) is 0 Å². The van der Waals surface area contributed by atoms with Crippen molar-refractivity contribution in [3.63, 3.8) is 0 Å². The molecule has 0 radical (unpaired) electrons. The first-order valence-electron chi connectivity index (χ1n) is 7.39. The summed E-state index contributed by atoms with van der Waals surface area (Å²) in [6.45, 7) is 7.89. The van der Waals surface area contributed by atoms with Gasteiger partial charge in [0.1, 0.15) is 11.6 Å². The van der Waals surface area contributed by atoms with Gasteiger partial charge >= 0.3 is 0 Å². The molecule has 1 aromatic rings. The van der Waals surface area contributed by atoms with Gasteiger partial charge in [0.05, 0.1) is 17.9 Å². The number of aryl methyl sites for hydroxylation is 2. The lowest BCUT2D eigenvalue weighted by molar-refractivity contribution is -0.156. The number of carbonyl (C=O) groups is 2. The number of rotatable bonds is 4. The second kappa shape index (κ2) is 5.50. The average Bonchev–Trinajstić information content (AvgIpc) is 2.71. The van der Waals surface area contributed by atoms with Gasteiger partial charge in [0.25, 0.3) is 0 Å². The van der Waals surface area contributed by atoms with Crippen LogP contribution in [0.5, 0.6) is 0 Å². The molecule has 0 saturated carbocycles. The Labute approximate surface area is 125 Å². The lowest BCUT2D eigenvalue weighted by Gasteiger charge is -2.44. The molecule has 21 heavy (non-hydrogen) atoms. The van der Waals surface area contributed by atoms with E-state index in [1.54, 1.807) is 23.4 Å². The van der Waals surface area contributed by atoms with Gasteiger partial charge in [-0.1, -0.05) is 13.3 Å². The van der Waals surface area contributed by atoms with Gasteiger partial charge in [-0.15, -0.1) is 0 Å². The number of nitrogens with zero attached hydrogens (tertiary/aromatic N) is 3. The zero-order chi connectivity index (χ0) is 15.8. The van der Waals surface area contributed by atoms with Gasteiger partial charge in [-0.25, -0.2) is 0 Å². The Morgan fingerprint density at radius 2 is 2.05 bits per heavy atom. The fraction of sp³-hybridized carbons (Fsp3) is 0.667. The molecule has 6 heteroatoms. The van der Waals surface area contributed by atoms with Crippen LogP contribution >= 0.6 is 0 Å².